The van der Waals surface area contributed by atoms with E-state index in [1.54, 1.807) is 42.5 Å². The maximum Gasteiger partial charge on any atom is 0.339 e. The van der Waals surface area contributed by atoms with E-state index in [9.17, 15) is 19.7 Å². The van der Waals surface area contributed by atoms with E-state index in [0.717, 1.165) is 5.56 Å². The molecule has 0 bridgehead atoms. The summed E-state index contributed by atoms with van der Waals surface area (Å²) in [6.07, 6.45) is 4.94. The predicted octanol–water partition coefficient (Wildman–Crippen LogP) is 8.64. The lowest BCUT2D eigenvalue weighted by atomic mass is 9.84. The highest BCUT2D eigenvalue weighted by Gasteiger charge is 2.28. The zero-order chi connectivity index (χ0) is 29.8. The van der Waals surface area contributed by atoms with Crippen molar-refractivity contribution in [3.63, 3.8) is 0 Å². The number of fused-ring (bicyclic) bond motifs is 1. The molecule has 1 aliphatic rings. The first kappa shape index (κ1) is 28.0. The highest BCUT2D eigenvalue weighted by atomic mass is 16.6. The van der Waals surface area contributed by atoms with E-state index in [4.69, 9.17) is 9.72 Å². The van der Waals surface area contributed by atoms with Crippen LogP contribution in [0.25, 0.3) is 22.2 Å². The molecule has 1 atom stereocenters. The van der Waals surface area contributed by atoms with Gasteiger partial charge in [-0.15, -0.1) is 0 Å². The molecule has 43 heavy (non-hydrogen) atoms. The van der Waals surface area contributed by atoms with Gasteiger partial charge in [-0.25, -0.2) is 9.78 Å². The summed E-state index contributed by atoms with van der Waals surface area (Å²) >= 11 is 0. The number of para-hydroxylation sites is 1. The molecule has 1 aliphatic carbocycles. The third-order valence-electron chi connectivity index (χ3n) is 8.15. The van der Waals surface area contributed by atoms with Crippen molar-refractivity contribution in [3.05, 3.63) is 142 Å². The Hall–Kier alpha value is -5.17. The van der Waals surface area contributed by atoms with Crippen LogP contribution in [0, 0.1) is 10.1 Å². The number of benzene rings is 4. The van der Waals surface area contributed by atoms with E-state index in [1.807, 2.05) is 18.2 Å². The van der Waals surface area contributed by atoms with E-state index in [1.165, 1.54) is 61.9 Å². The number of nitro groups is 1. The smallest absolute Gasteiger partial charge is 0.339 e. The highest BCUT2D eigenvalue weighted by molar-refractivity contribution is 6.07. The molecule has 4 aromatic carbocycles. The number of aromatic nitrogens is 1. The molecular formula is C36H30N2O5. The van der Waals surface area contributed by atoms with Gasteiger partial charge in [0.25, 0.3) is 5.69 Å². The van der Waals surface area contributed by atoms with Crippen molar-refractivity contribution in [2.75, 3.05) is 0 Å². The summed E-state index contributed by atoms with van der Waals surface area (Å²) in [7, 11) is 0. The van der Waals surface area contributed by atoms with E-state index in [2.05, 4.69) is 24.3 Å². The number of ether oxygens (including phenoxy) is 1. The van der Waals surface area contributed by atoms with Crippen LogP contribution in [0.3, 0.4) is 0 Å². The average molecular weight is 571 g/mol. The van der Waals surface area contributed by atoms with Gasteiger partial charge in [-0.3, -0.25) is 14.9 Å². The molecule has 0 amide bonds. The Morgan fingerprint density at radius 3 is 2.19 bits per heavy atom. The summed E-state index contributed by atoms with van der Waals surface area (Å²) in [5.74, 6) is -0.539. The molecule has 0 N–H and O–H groups in total. The van der Waals surface area contributed by atoms with Crippen LogP contribution in [-0.2, 0) is 4.74 Å². The monoisotopic (exact) mass is 570 g/mol. The van der Waals surface area contributed by atoms with Gasteiger partial charge in [-0.1, -0.05) is 92.1 Å². The number of ketones is 1. The molecule has 1 fully saturated rings. The van der Waals surface area contributed by atoms with Gasteiger partial charge in [0.1, 0.15) is 0 Å². The van der Waals surface area contributed by atoms with Crippen molar-refractivity contribution in [2.45, 2.75) is 44.1 Å². The second-order valence-electron chi connectivity index (χ2n) is 10.9. The van der Waals surface area contributed by atoms with Crippen LogP contribution in [0.5, 0.6) is 0 Å². The number of esters is 1. The summed E-state index contributed by atoms with van der Waals surface area (Å²) in [6, 6.07) is 31.5. The molecule has 0 radical (unpaired) electrons. The number of rotatable bonds is 8. The average Bonchev–Trinajstić information content (AvgIpc) is 3.07. The number of nitrogens with zero attached hydrogens (tertiary/aromatic N) is 2. The quantitative estimate of drug-likeness (QED) is 0.0801. The number of non-ortho nitro benzene ring substituents is 1. The lowest BCUT2D eigenvalue weighted by Gasteiger charge is -2.22. The number of nitro benzene ring substituents is 1. The Morgan fingerprint density at radius 1 is 0.814 bits per heavy atom. The van der Waals surface area contributed by atoms with E-state index >= 15 is 0 Å². The zero-order valence-electron chi connectivity index (χ0n) is 23.5. The van der Waals surface area contributed by atoms with Gasteiger partial charge in [0.15, 0.2) is 6.10 Å². The Kier molecular flexibility index (Phi) is 8.05. The maximum atomic E-state index is 13.9. The van der Waals surface area contributed by atoms with Crippen LogP contribution >= 0.6 is 0 Å². The van der Waals surface area contributed by atoms with Gasteiger partial charge >= 0.3 is 5.97 Å². The molecule has 1 aromatic heterocycles. The largest absolute Gasteiger partial charge is 0.445 e. The molecule has 0 spiro atoms. The summed E-state index contributed by atoms with van der Waals surface area (Å²) < 4.78 is 5.95. The molecule has 214 valence electrons. The minimum atomic E-state index is -1.30. The van der Waals surface area contributed by atoms with Crippen molar-refractivity contribution < 1.29 is 19.2 Å². The summed E-state index contributed by atoms with van der Waals surface area (Å²) in [5, 5.41) is 11.8. The van der Waals surface area contributed by atoms with Crippen LogP contribution in [0.15, 0.2) is 109 Å². The Labute approximate surface area is 249 Å². The number of carbonyl (C=O) groups is 2. The first-order valence-corrected chi connectivity index (χ1v) is 14.5. The minimum absolute atomic E-state index is 0.125. The van der Waals surface area contributed by atoms with Crippen molar-refractivity contribution in [2.24, 2.45) is 0 Å². The van der Waals surface area contributed by atoms with Gasteiger partial charge in [0.2, 0.25) is 5.78 Å². The molecule has 5 aromatic rings. The number of pyridine rings is 1. The van der Waals surface area contributed by atoms with Crippen molar-refractivity contribution in [3.8, 4) is 11.3 Å². The fourth-order valence-corrected chi connectivity index (χ4v) is 5.82. The number of hydrogen-bond donors (Lipinski definition) is 0. The van der Waals surface area contributed by atoms with Crippen molar-refractivity contribution in [1.82, 2.24) is 4.98 Å². The van der Waals surface area contributed by atoms with Crippen LogP contribution in [0.2, 0.25) is 0 Å². The van der Waals surface area contributed by atoms with E-state index < -0.39 is 22.8 Å². The Morgan fingerprint density at radius 2 is 1.49 bits per heavy atom. The van der Waals surface area contributed by atoms with Crippen LogP contribution in [0.1, 0.15) is 76.0 Å². The zero-order valence-corrected chi connectivity index (χ0v) is 23.5. The lowest BCUT2D eigenvalue weighted by Crippen LogP contribution is -2.20. The van der Waals surface area contributed by atoms with Crippen LogP contribution in [0.4, 0.5) is 5.69 Å². The molecule has 1 heterocycles. The molecule has 0 saturated heterocycles. The van der Waals surface area contributed by atoms with Crippen LogP contribution in [-0.4, -0.2) is 21.7 Å². The van der Waals surface area contributed by atoms with Gasteiger partial charge in [-0.2, -0.15) is 0 Å². The minimum Gasteiger partial charge on any atom is -0.445 e. The summed E-state index contributed by atoms with van der Waals surface area (Å²) in [6.45, 7) is 0. The molecule has 7 nitrogen and oxygen atoms in total. The van der Waals surface area contributed by atoms with Gasteiger partial charge < -0.3 is 4.74 Å². The Balaban J connectivity index is 1.36. The second-order valence-corrected chi connectivity index (χ2v) is 10.9. The third kappa shape index (κ3) is 6.06. The molecule has 0 unspecified atom stereocenters. The standard InChI is InChI=1S/C36H30N2O5/c39-34(27-11-5-2-6-12-27)35(28-19-21-29(22-20-28)38(41)42)43-36(40)31-23-33(37-32-14-8-7-13-30(31)32)26-17-15-25(16-18-26)24-9-3-1-4-10-24/h2,5-8,11-24,35H,1,3-4,9-10H2/t35-/m0/s1. The van der Waals surface area contributed by atoms with E-state index in [0.29, 0.717) is 33.6 Å². The highest BCUT2D eigenvalue weighted by Crippen LogP contribution is 2.34. The number of Topliss-reactive ketones (excluding diaryl/α,β-unsaturated/α-hetero) is 1. The molecule has 7 heteroatoms. The fraction of sp³-hybridized carbons (Fsp3) is 0.194. The topological polar surface area (TPSA) is 99.4 Å². The SMILES string of the molecule is O=C(O[C@H](C(=O)c1ccccc1)c1ccc([N+](=O)[O-])cc1)c1cc(-c2ccc(C3CCCCC3)cc2)nc2ccccc12. The van der Waals surface area contributed by atoms with Crippen molar-refractivity contribution >= 4 is 28.3 Å². The van der Waals surface area contributed by atoms with Gasteiger partial charge in [-0.05, 0) is 48.6 Å². The second kappa shape index (κ2) is 12.4. The first-order chi connectivity index (χ1) is 21.0. The Bertz CT molecular complexity index is 1780. The van der Waals surface area contributed by atoms with E-state index in [-0.39, 0.29) is 11.3 Å². The third-order valence-corrected chi connectivity index (χ3v) is 8.15. The summed E-state index contributed by atoms with van der Waals surface area (Å²) in [5.41, 5.74) is 4.32. The molecule has 6 rings (SSSR count). The number of hydrogen-bond acceptors (Lipinski definition) is 6. The predicted molar refractivity (Wildman–Crippen MR) is 165 cm³/mol. The molecule has 0 aliphatic heterocycles. The molecular weight excluding hydrogens is 540 g/mol. The maximum absolute atomic E-state index is 13.9. The van der Waals surface area contributed by atoms with Gasteiger partial charge in [0.05, 0.1) is 21.7 Å². The van der Waals surface area contributed by atoms with Crippen LogP contribution < -0.4 is 0 Å². The molecule has 1 saturated carbocycles. The number of carbonyl (C=O) groups excluding carboxylic acids is 2. The summed E-state index contributed by atoms with van der Waals surface area (Å²) in [4.78, 5) is 43.0. The van der Waals surface area contributed by atoms with Gasteiger partial charge in [0, 0.05) is 34.2 Å². The van der Waals surface area contributed by atoms with Crippen molar-refractivity contribution in [1.29, 1.82) is 0 Å². The normalized spacial score (nSPS) is 14.2. The first-order valence-electron chi connectivity index (χ1n) is 14.5. The fourth-order valence-electron chi connectivity index (χ4n) is 5.82. The lowest BCUT2D eigenvalue weighted by molar-refractivity contribution is -0.384.